The topological polar surface area (TPSA) is 35.5 Å². The summed E-state index contributed by atoms with van der Waals surface area (Å²) in [5.41, 5.74) is 1.22. The molecule has 0 aromatic heterocycles. The van der Waals surface area contributed by atoms with E-state index < -0.39 is 11.6 Å². The average molecular weight is 332 g/mol. The van der Waals surface area contributed by atoms with Crippen LogP contribution in [0.1, 0.15) is 16.7 Å². The van der Waals surface area contributed by atoms with Gasteiger partial charge in [0.05, 0.1) is 0 Å². The van der Waals surface area contributed by atoms with Gasteiger partial charge in [0, 0.05) is 7.11 Å². The first-order chi connectivity index (χ1) is 12.2. The Hall–Kier alpha value is -2.91. The Balaban J connectivity index is 2.07. The van der Waals surface area contributed by atoms with Gasteiger partial charge in [-0.3, -0.25) is 0 Å². The van der Waals surface area contributed by atoms with E-state index >= 15 is 0 Å². The van der Waals surface area contributed by atoms with Crippen molar-refractivity contribution in [2.45, 2.75) is 12.5 Å². The molecule has 0 unspecified atom stereocenters. The van der Waals surface area contributed by atoms with Crippen LogP contribution in [-0.2, 0) is 15.1 Å². The first-order valence-corrected chi connectivity index (χ1v) is 8.12. The molecular weight excluding hydrogens is 312 g/mol. The zero-order valence-electron chi connectivity index (χ0n) is 14.3. The Kier molecular flexibility index (Phi) is 4.96. The van der Waals surface area contributed by atoms with Gasteiger partial charge < -0.3 is 9.47 Å². The second-order valence-corrected chi connectivity index (χ2v) is 5.82. The Bertz CT molecular complexity index is 785. The minimum atomic E-state index is -1.33. The molecular formula is C22H20O3. The molecule has 3 rings (SSSR count). The summed E-state index contributed by atoms with van der Waals surface area (Å²) in [5, 5.41) is 0. The maximum atomic E-state index is 13.2. The van der Waals surface area contributed by atoms with Gasteiger partial charge in [0.1, 0.15) is 5.75 Å². The minimum Gasteiger partial charge on any atom is -0.424 e. The predicted octanol–water partition coefficient (Wildman–Crippen LogP) is 4.49. The van der Waals surface area contributed by atoms with Gasteiger partial charge >= 0.3 is 5.97 Å². The third-order valence-electron chi connectivity index (χ3n) is 4.19. The van der Waals surface area contributed by atoms with Crippen LogP contribution in [0.3, 0.4) is 0 Å². The van der Waals surface area contributed by atoms with Crippen molar-refractivity contribution in [1.82, 2.24) is 0 Å². The van der Waals surface area contributed by atoms with Crippen LogP contribution in [0.25, 0.3) is 0 Å². The third-order valence-corrected chi connectivity index (χ3v) is 4.19. The van der Waals surface area contributed by atoms with Crippen LogP contribution in [0, 0.1) is 6.92 Å². The van der Waals surface area contributed by atoms with Gasteiger partial charge in [-0.1, -0.05) is 78.4 Å². The molecule has 0 N–H and O–H groups in total. The predicted molar refractivity (Wildman–Crippen MR) is 97.5 cm³/mol. The summed E-state index contributed by atoms with van der Waals surface area (Å²) in [4.78, 5) is 13.2. The van der Waals surface area contributed by atoms with Gasteiger partial charge in [0.15, 0.2) is 0 Å². The molecule has 0 spiro atoms. The Morgan fingerprint density at radius 1 is 0.760 bits per heavy atom. The summed E-state index contributed by atoms with van der Waals surface area (Å²) in [6.45, 7) is 1.99. The summed E-state index contributed by atoms with van der Waals surface area (Å²) >= 11 is 0. The van der Waals surface area contributed by atoms with E-state index in [1.54, 1.807) is 12.1 Å². The molecule has 25 heavy (non-hydrogen) atoms. The monoisotopic (exact) mass is 332 g/mol. The fourth-order valence-corrected chi connectivity index (χ4v) is 2.85. The van der Waals surface area contributed by atoms with Crippen molar-refractivity contribution in [1.29, 1.82) is 0 Å². The maximum absolute atomic E-state index is 13.2. The smallest absolute Gasteiger partial charge is 0.353 e. The van der Waals surface area contributed by atoms with Crippen molar-refractivity contribution >= 4 is 5.97 Å². The lowest BCUT2D eigenvalue weighted by Gasteiger charge is -2.31. The van der Waals surface area contributed by atoms with E-state index in [0.717, 1.165) is 16.7 Å². The van der Waals surface area contributed by atoms with Gasteiger partial charge in [0.2, 0.25) is 5.60 Å². The number of methoxy groups -OCH3 is 1. The molecule has 0 saturated carbocycles. The van der Waals surface area contributed by atoms with Gasteiger partial charge in [-0.2, -0.15) is 0 Å². The van der Waals surface area contributed by atoms with Crippen LogP contribution in [-0.4, -0.2) is 13.1 Å². The Morgan fingerprint density at radius 2 is 1.24 bits per heavy atom. The van der Waals surface area contributed by atoms with E-state index in [9.17, 15) is 4.79 Å². The number of hydrogen-bond acceptors (Lipinski definition) is 3. The number of benzene rings is 3. The first-order valence-electron chi connectivity index (χ1n) is 8.12. The second kappa shape index (κ2) is 7.32. The van der Waals surface area contributed by atoms with Crippen molar-refractivity contribution < 1.29 is 14.3 Å². The molecule has 126 valence electrons. The molecule has 0 radical (unpaired) electrons. The molecule has 0 heterocycles. The summed E-state index contributed by atoms with van der Waals surface area (Å²) < 4.78 is 11.5. The molecule has 0 bridgehead atoms. The lowest BCUT2D eigenvalue weighted by Crippen LogP contribution is -2.42. The molecule has 0 saturated heterocycles. The number of hydrogen-bond donors (Lipinski definition) is 0. The van der Waals surface area contributed by atoms with E-state index in [0.29, 0.717) is 5.75 Å². The Morgan fingerprint density at radius 3 is 1.68 bits per heavy atom. The van der Waals surface area contributed by atoms with Gasteiger partial charge in [-0.15, -0.1) is 0 Å². The molecule has 0 aliphatic carbocycles. The quantitative estimate of drug-likeness (QED) is 0.510. The number of aryl methyl sites for hydroxylation is 1. The largest absolute Gasteiger partial charge is 0.424 e. The summed E-state index contributed by atoms with van der Waals surface area (Å²) in [6.07, 6.45) is 0. The zero-order chi connectivity index (χ0) is 17.7. The van der Waals surface area contributed by atoms with Crippen LogP contribution in [0.5, 0.6) is 5.75 Å². The molecule has 3 nitrogen and oxygen atoms in total. The third kappa shape index (κ3) is 3.32. The fraction of sp³-hybridized carbons (Fsp3) is 0.136. The summed E-state index contributed by atoms with van der Waals surface area (Å²) in [7, 11) is 1.52. The van der Waals surface area contributed by atoms with Crippen molar-refractivity contribution in [3.8, 4) is 5.75 Å². The summed E-state index contributed by atoms with van der Waals surface area (Å²) in [5.74, 6) is 0.0140. The first kappa shape index (κ1) is 16.9. The number of carbonyl (C=O) groups is 1. The highest BCUT2D eigenvalue weighted by molar-refractivity contribution is 5.87. The number of esters is 1. The molecule has 3 aromatic rings. The van der Waals surface area contributed by atoms with Crippen molar-refractivity contribution in [2.24, 2.45) is 0 Å². The highest BCUT2D eigenvalue weighted by Crippen LogP contribution is 2.35. The molecule has 0 aliphatic rings. The van der Waals surface area contributed by atoms with Gasteiger partial charge in [0.25, 0.3) is 0 Å². The summed E-state index contributed by atoms with van der Waals surface area (Å²) in [6, 6.07) is 26.2. The van der Waals surface area contributed by atoms with Crippen molar-refractivity contribution in [3.63, 3.8) is 0 Å². The lowest BCUT2D eigenvalue weighted by molar-refractivity contribution is -0.155. The minimum absolute atomic E-state index is 0.476. The van der Waals surface area contributed by atoms with Crippen LogP contribution >= 0.6 is 0 Å². The number of ether oxygens (including phenoxy) is 2. The van der Waals surface area contributed by atoms with Crippen LogP contribution in [0.2, 0.25) is 0 Å². The molecule has 3 heteroatoms. The van der Waals surface area contributed by atoms with Gasteiger partial charge in [-0.25, -0.2) is 4.79 Å². The molecule has 0 fully saturated rings. The van der Waals surface area contributed by atoms with Crippen molar-refractivity contribution in [3.05, 3.63) is 102 Å². The molecule has 3 aromatic carbocycles. The highest BCUT2D eigenvalue weighted by Gasteiger charge is 2.44. The fourth-order valence-electron chi connectivity index (χ4n) is 2.85. The van der Waals surface area contributed by atoms with Gasteiger partial charge in [-0.05, 0) is 30.2 Å². The normalized spacial score (nSPS) is 11.1. The van der Waals surface area contributed by atoms with E-state index in [4.69, 9.17) is 9.47 Å². The average Bonchev–Trinajstić information content (AvgIpc) is 2.66. The number of rotatable bonds is 5. The lowest BCUT2D eigenvalue weighted by atomic mass is 9.86. The number of carbonyl (C=O) groups excluding carboxylic acids is 1. The second-order valence-electron chi connectivity index (χ2n) is 5.82. The molecule has 0 atom stereocenters. The van der Waals surface area contributed by atoms with E-state index in [2.05, 4.69) is 0 Å². The van der Waals surface area contributed by atoms with Crippen LogP contribution in [0.15, 0.2) is 84.9 Å². The van der Waals surface area contributed by atoms with Crippen LogP contribution < -0.4 is 4.74 Å². The van der Waals surface area contributed by atoms with E-state index in [1.807, 2.05) is 79.7 Å². The molecule has 0 amide bonds. The maximum Gasteiger partial charge on any atom is 0.353 e. The van der Waals surface area contributed by atoms with E-state index in [1.165, 1.54) is 7.11 Å². The standard InChI is InChI=1S/C22H20O3/c1-17-13-15-20(16-14-17)25-21(23)22(24-2,18-9-5-3-6-10-18)19-11-7-4-8-12-19/h3-16H,1-2H3. The van der Waals surface area contributed by atoms with Crippen molar-refractivity contribution in [2.75, 3.05) is 7.11 Å². The van der Waals surface area contributed by atoms with Crippen LogP contribution in [0.4, 0.5) is 0 Å². The SMILES string of the molecule is COC(C(=O)Oc1ccc(C)cc1)(c1ccccc1)c1ccccc1. The Labute approximate surface area is 147 Å². The zero-order valence-corrected chi connectivity index (χ0v) is 14.3. The highest BCUT2D eigenvalue weighted by atomic mass is 16.6. The molecule has 0 aliphatic heterocycles. The van der Waals surface area contributed by atoms with E-state index in [-0.39, 0.29) is 0 Å².